The van der Waals surface area contributed by atoms with Crippen molar-refractivity contribution in [3.63, 3.8) is 0 Å². The first kappa shape index (κ1) is 70.0. The van der Waals surface area contributed by atoms with Crippen molar-refractivity contribution >= 4 is 47.3 Å². The van der Waals surface area contributed by atoms with Gasteiger partial charge in [0.05, 0.1) is 58.8 Å². The predicted molar refractivity (Wildman–Crippen MR) is 317 cm³/mol. The molecule has 4 aromatic rings. The first-order chi connectivity index (χ1) is 41.9. The number of nitrogens with zero attached hydrogens (tertiary/aromatic N) is 3. The number of rotatable bonds is 15. The maximum absolute atomic E-state index is 14.8. The number of phenolic OH excluding ortho intramolecular Hbond substituents is 1. The fourth-order valence-corrected chi connectivity index (χ4v) is 10.4. The largest absolute Gasteiger partial charge is 0.550 e. The van der Waals surface area contributed by atoms with Crippen molar-refractivity contribution in [1.82, 2.24) is 36.4 Å². The highest BCUT2D eigenvalue weighted by Gasteiger charge is 2.50. The molecule has 15 atom stereocenters. The molecular weight excluding hydrogens is 1160 g/mol. The zero-order valence-corrected chi connectivity index (χ0v) is 50.8. The van der Waals surface area contributed by atoms with Crippen LogP contribution in [-0.4, -0.2) is 236 Å². The van der Waals surface area contributed by atoms with Crippen LogP contribution < -0.4 is 36.4 Å². The molecule has 27 heteroatoms. The molecule has 0 saturated carbocycles. The number of carbonyl (C=O) groups excluding carboxylic acids is 8. The number of phenols is 1. The van der Waals surface area contributed by atoms with Crippen molar-refractivity contribution < 1.29 is 98.3 Å². The lowest BCUT2D eigenvalue weighted by Gasteiger charge is -2.34. The van der Waals surface area contributed by atoms with Crippen molar-refractivity contribution in [1.29, 1.82) is 0 Å². The Hall–Kier alpha value is -8.12. The smallest absolute Gasteiger partial charge is 0.251 e. The molecular formula is C62H82N8O19. The molecule has 0 aliphatic carbocycles. The zero-order valence-electron chi connectivity index (χ0n) is 50.8. The van der Waals surface area contributed by atoms with E-state index < -0.39 is 158 Å². The third kappa shape index (κ3) is 18.5. The Morgan fingerprint density at radius 1 is 0.674 bits per heavy atom. The van der Waals surface area contributed by atoms with E-state index >= 15 is 0 Å². The number of aliphatic hydroxyl groups excluding tert-OH is 7. The fourth-order valence-electron chi connectivity index (χ4n) is 10.4. The van der Waals surface area contributed by atoms with Gasteiger partial charge in [0.1, 0.15) is 72.6 Å². The number of likely N-dealkylation sites (N-methyl/N-ethyl adjacent to an activating group) is 1. The van der Waals surface area contributed by atoms with E-state index in [1.807, 2.05) is 76.6 Å². The van der Waals surface area contributed by atoms with Gasteiger partial charge in [-0.05, 0) is 91.9 Å². The van der Waals surface area contributed by atoms with Gasteiger partial charge in [0, 0.05) is 43.4 Å². The van der Waals surface area contributed by atoms with E-state index in [4.69, 9.17) is 19.4 Å². The van der Waals surface area contributed by atoms with Crippen LogP contribution >= 0.6 is 0 Å². The Labute approximate surface area is 514 Å². The highest BCUT2D eigenvalue weighted by Crippen LogP contribution is 2.30. The second-order valence-electron chi connectivity index (χ2n) is 23.5. The number of nitrogens with one attached hydrogen (secondary N) is 5. The number of aromatic hydroxyl groups is 1. The average molecular weight is 1240 g/mol. The topological polar surface area (TPSA) is 407 Å². The highest BCUT2D eigenvalue weighted by atomic mass is 16.5. The minimum absolute atomic E-state index is 0.0445. The number of aliphatic carboxylic acids is 1. The van der Waals surface area contributed by atoms with Crippen molar-refractivity contribution in [2.24, 2.45) is 5.92 Å². The normalized spacial score (nSPS) is 26.3. The van der Waals surface area contributed by atoms with Crippen LogP contribution in [0.5, 0.6) is 11.5 Å². The summed E-state index contributed by atoms with van der Waals surface area (Å²) in [6.45, 7) is 6.43. The first-order valence-electron chi connectivity index (χ1n) is 29.1. The molecule has 27 nitrogen and oxygen atoms in total. The zero-order chi connectivity index (χ0) is 65.8. The van der Waals surface area contributed by atoms with Crippen LogP contribution in [0.2, 0.25) is 0 Å². The van der Waals surface area contributed by atoms with Gasteiger partial charge in [0.15, 0.2) is 6.23 Å². The summed E-state index contributed by atoms with van der Waals surface area (Å²) in [5, 5.41) is 111. The minimum atomic E-state index is -2.29. The van der Waals surface area contributed by atoms with E-state index in [2.05, 4.69) is 26.6 Å². The highest BCUT2D eigenvalue weighted by molar-refractivity contribution is 6.00. The van der Waals surface area contributed by atoms with Crippen molar-refractivity contribution in [3.8, 4) is 33.8 Å². The molecule has 3 aliphatic rings. The van der Waals surface area contributed by atoms with Crippen LogP contribution in [0.3, 0.4) is 0 Å². The van der Waals surface area contributed by atoms with Crippen molar-refractivity contribution in [2.45, 2.75) is 133 Å². The minimum Gasteiger partial charge on any atom is -0.550 e. The molecule has 3 fully saturated rings. The van der Waals surface area contributed by atoms with Crippen LogP contribution in [0, 0.1) is 5.92 Å². The molecule has 0 bridgehead atoms. The van der Waals surface area contributed by atoms with Gasteiger partial charge in [-0.25, -0.2) is 0 Å². The van der Waals surface area contributed by atoms with Gasteiger partial charge in [-0.3, -0.25) is 33.6 Å². The number of carbonyl (C=O) groups is 8. The lowest BCUT2D eigenvalue weighted by Crippen LogP contribution is -2.64. The monoisotopic (exact) mass is 1240 g/mol. The Kier molecular flexibility index (Phi) is 24.3. The van der Waals surface area contributed by atoms with Gasteiger partial charge in [0.25, 0.3) is 5.91 Å². The fraction of sp³-hybridized carbons (Fsp3) is 0.484. The number of benzene rings is 4. The third-order valence-corrected chi connectivity index (χ3v) is 15.4. The van der Waals surface area contributed by atoms with Crippen molar-refractivity contribution in [3.05, 3.63) is 108 Å². The average Bonchev–Trinajstić information content (AvgIpc) is 2.60. The second kappa shape index (κ2) is 30.9. The summed E-state index contributed by atoms with van der Waals surface area (Å²) in [6.07, 6.45) is -15.8. The lowest BCUT2D eigenvalue weighted by molar-refractivity contribution is -0.870. The number of quaternary nitrogens is 1. The quantitative estimate of drug-likeness (QED) is 0.0542. The Morgan fingerprint density at radius 3 is 1.69 bits per heavy atom. The van der Waals surface area contributed by atoms with Crippen LogP contribution in [0.1, 0.15) is 69.5 Å². The van der Waals surface area contributed by atoms with Gasteiger partial charge in [-0.15, -0.1) is 0 Å². The predicted octanol–water partition coefficient (Wildman–Crippen LogP) is -2.61. The Bertz CT molecular complexity index is 3090. The molecule has 0 unspecified atom stereocenters. The summed E-state index contributed by atoms with van der Waals surface area (Å²) in [7, 11) is 5.52. The summed E-state index contributed by atoms with van der Waals surface area (Å²) >= 11 is 0. The third-order valence-electron chi connectivity index (χ3n) is 15.4. The molecule has 0 radical (unpaired) electrons. The molecule has 3 heterocycles. The molecule has 3 saturated heterocycles. The van der Waals surface area contributed by atoms with Crippen LogP contribution in [0.4, 0.5) is 0 Å². The molecule has 13 N–H and O–H groups in total. The van der Waals surface area contributed by atoms with Gasteiger partial charge in [-0.2, -0.15) is 0 Å². The Morgan fingerprint density at radius 2 is 1.17 bits per heavy atom. The number of amides is 7. The molecule has 3 aliphatic heterocycles. The van der Waals surface area contributed by atoms with E-state index in [-0.39, 0.29) is 36.6 Å². The number of aliphatic hydroxyl groups is 7. The van der Waals surface area contributed by atoms with Crippen LogP contribution in [0.15, 0.2) is 97.1 Å². The number of fused-ring (bicyclic) bond motifs is 2. The van der Waals surface area contributed by atoms with E-state index in [0.717, 1.165) is 58.6 Å². The molecule has 7 amide bonds. The maximum Gasteiger partial charge on any atom is 0.251 e. The molecule has 0 aromatic heterocycles. The molecule has 89 heavy (non-hydrogen) atoms. The van der Waals surface area contributed by atoms with Crippen LogP contribution in [-0.2, 0) is 38.3 Å². The van der Waals surface area contributed by atoms with Crippen LogP contribution in [0.25, 0.3) is 22.3 Å². The summed E-state index contributed by atoms with van der Waals surface area (Å²) < 4.78 is 12.0. The summed E-state index contributed by atoms with van der Waals surface area (Å²) in [5.74, 6) is -9.37. The van der Waals surface area contributed by atoms with E-state index in [1.165, 1.54) is 43.3 Å². The number of ether oxygens (including phenoxy) is 2. The number of hydrogen-bond acceptors (Lipinski definition) is 19. The molecule has 4 aromatic carbocycles. The second-order valence-corrected chi connectivity index (χ2v) is 23.5. The van der Waals surface area contributed by atoms with Gasteiger partial charge in [-0.1, -0.05) is 67.6 Å². The van der Waals surface area contributed by atoms with E-state index in [9.17, 15) is 74.4 Å². The van der Waals surface area contributed by atoms with Gasteiger partial charge < -0.3 is 101 Å². The molecule has 484 valence electrons. The molecule has 0 spiro atoms. The number of carboxylic acid groups (broad SMARTS) is 1. The standard InChI is InChI=1S/C60H78N8O17.C2H4O2/c1-8-84-42-23-19-37(20-24-42)35-11-9-34(10-12-35)36-13-15-39(16-14-36)53(77)61-43-28-45(73)58(85-26-25-68(5,6)7)65-57(81)49-50(74)31(2)29-67(49)60(83)47(33(4)70)63-56(80)48(52(76)51(75)38-17-21-40(71)22-18-38)64-55(79)44-27-41(72)30-66(44)59(82)46(32(3)69)62-54(43)78;1-2(3)4/h9-24,31-33,41,43-52,58,69-70,72-76H,8,25-30H2,1-7H3,(H5-,61,62,63,64,65,71,77,78,79,80,81);1H3,(H,3,4)/t31-,32+,33+,41+,43-,44-,45+,46-,47-,48-,49-,50-,51-,52-,58+;/m0./s1. The summed E-state index contributed by atoms with van der Waals surface area (Å²) in [5.41, 5.74) is 3.44. The molecule has 7 rings (SSSR count). The van der Waals surface area contributed by atoms with E-state index in [1.54, 1.807) is 12.1 Å². The summed E-state index contributed by atoms with van der Waals surface area (Å²) in [6, 6.07) is 15.0. The van der Waals surface area contributed by atoms with Crippen molar-refractivity contribution in [2.75, 3.05) is 54.0 Å². The lowest BCUT2D eigenvalue weighted by atomic mass is 9.96. The van der Waals surface area contributed by atoms with E-state index in [0.29, 0.717) is 11.1 Å². The maximum atomic E-state index is 14.8. The summed E-state index contributed by atoms with van der Waals surface area (Å²) in [4.78, 5) is 113. The van der Waals surface area contributed by atoms with Gasteiger partial charge in [0.2, 0.25) is 35.4 Å². The Balaban J connectivity index is 0.00000306. The number of hydrogen-bond donors (Lipinski definition) is 13. The SMILES string of the molecule is CC(=O)[O-].CCOc1ccc(-c2ccc(-c3ccc(C(=O)N[C@H]4C[C@@H](O)[C@@H](OCC[N+](C)(C)C)NC(=O)[C@@H]5[C@@H](O)[C@@H](C)CN5C(=O)[C@H]([C@@H](C)O)NC(=O)[C@H]([C@H](O)[C@@H](O)c5ccc(O)cc5)NC(=O)[C@@H]5C[C@@H](O)CN5C(=O)[C@H]([C@@H](C)O)NC4=O)cc3)cc2)cc1. The number of carboxylic acids is 1. The first-order valence-corrected chi connectivity index (χ1v) is 29.1. The van der Waals surface area contributed by atoms with Gasteiger partial charge >= 0.3 is 0 Å².